The monoisotopic (exact) mass is 401 g/mol. The van der Waals surface area contributed by atoms with E-state index in [0.717, 1.165) is 43.5 Å². The lowest BCUT2D eigenvalue weighted by Crippen LogP contribution is -2.49. The summed E-state index contributed by atoms with van der Waals surface area (Å²) in [5.41, 5.74) is 0.940. The molecule has 1 N–H and O–H groups in total. The van der Waals surface area contributed by atoms with E-state index in [1.165, 1.54) is 0 Å². The van der Waals surface area contributed by atoms with Crippen LogP contribution in [-0.2, 0) is 20.8 Å². The van der Waals surface area contributed by atoms with Crippen molar-refractivity contribution >= 4 is 17.7 Å². The van der Waals surface area contributed by atoms with Gasteiger partial charge in [-0.1, -0.05) is 12.1 Å². The van der Waals surface area contributed by atoms with Crippen LogP contribution in [0.1, 0.15) is 37.7 Å². The van der Waals surface area contributed by atoms with Crippen LogP contribution in [0.4, 0.5) is 0 Å². The second-order valence-corrected chi connectivity index (χ2v) is 7.95. The van der Waals surface area contributed by atoms with Gasteiger partial charge in [0.15, 0.2) is 0 Å². The Morgan fingerprint density at radius 1 is 1.14 bits per heavy atom. The van der Waals surface area contributed by atoms with Crippen molar-refractivity contribution in [1.82, 2.24) is 15.1 Å². The molecule has 0 spiro atoms. The molecular formula is C22H31N3O4. The standard InChI is InChI=1S/C22H31N3O4/c1-29-19-9-7-17(8-10-19)13-20(26)23-14-18-5-4-12-24(15-18)22(28)16-25-11-3-2-6-21(25)27/h7-10,18H,2-6,11-16H2,1H3,(H,23,26)/t18-/m0/s1. The molecule has 0 radical (unpaired) electrons. The summed E-state index contributed by atoms with van der Waals surface area (Å²) in [5, 5.41) is 3.00. The summed E-state index contributed by atoms with van der Waals surface area (Å²) in [7, 11) is 1.62. The Labute approximate surface area is 172 Å². The quantitative estimate of drug-likeness (QED) is 0.753. The SMILES string of the molecule is COc1ccc(CC(=O)NC[C@@H]2CCCN(C(=O)CN3CCCCC3=O)C2)cc1. The molecule has 3 amide bonds. The zero-order valence-corrected chi connectivity index (χ0v) is 17.2. The molecule has 0 bridgehead atoms. The van der Waals surface area contributed by atoms with Gasteiger partial charge in [-0.15, -0.1) is 0 Å². The van der Waals surface area contributed by atoms with Crippen LogP contribution >= 0.6 is 0 Å². The number of rotatable bonds is 7. The Morgan fingerprint density at radius 3 is 2.66 bits per heavy atom. The molecule has 3 rings (SSSR count). The van der Waals surface area contributed by atoms with Crippen LogP contribution in [0.15, 0.2) is 24.3 Å². The van der Waals surface area contributed by atoms with Gasteiger partial charge in [-0.25, -0.2) is 0 Å². The summed E-state index contributed by atoms with van der Waals surface area (Å²) in [5.74, 6) is 1.12. The minimum atomic E-state index is -0.0162. The predicted octanol–water partition coefficient (Wildman–Crippen LogP) is 1.60. The van der Waals surface area contributed by atoms with Gasteiger partial charge in [0.2, 0.25) is 17.7 Å². The minimum Gasteiger partial charge on any atom is -0.497 e. The summed E-state index contributed by atoms with van der Waals surface area (Å²) in [6.45, 7) is 2.82. The number of nitrogens with one attached hydrogen (secondary N) is 1. The van der Waals surface area contributed by atoms with Gasteiger partial charge in [-0.05, 0) is 49.3 Å². The summed E-state index contributed by atoms with van der Waals surface area (Å²) >= 11 is 0. The summed E-state index contributed by atoms with van der Waals surface area (Å²) < 4.78 is 5.13. The van der Waals surface area contributed by atoms with Crippen LogP contribution in [0.2, 0.25) is 0 Å². The number of methoxy groups -OCH3 is 1. The number of piperidine rings is 2. The van der Waals surface area contributed by atoms with E-state index in [0.29, 0.717) is 32.5 Å². The van der Waals surface area contributed by atoms with E-state index in [9.17, 15) is 14.4 Å². The van der Waals surface area contributed by atoms with E-state index in [4.69, 9.17) is 4.74 Å². The fraction of sp³-hybridized carbons (Fsp3) is 0.591. The lowest BCUT2D eigenvalue weighted by atomic mass is 9.97. The number of carbonyl (C=O) groups excluding carboxylic acids is 3. The zero-order valence-electron chi connectivity index (χ0n) is 17.2. The van der Waals surface area contributed by atoms with E-state index in [1.54, 1.807) is 12.0 Å². The molecule has 2 aliphatic rings. The molecule has 2 aliphatic heterocycles. The van der Waals surface area contributed by atoms with Crippen molar-refractivity contribution in [2.75, 3.05) is 39.8 Å². The first-order valence-corrected chi connectivity index (χ1v) is 10.5. The van der Waals surface area contributed by atoms with Gasteiger partial charge in [0.05, 0.1) is 20.1 Å². The molecule has 1 aromatic rings. The van der Waals surface area contributed by atoms with Crippen molar-refractivity contribution in [3.05, 3.63) is 29.8 Å². The van der Waals surface area contributed by atoms with Gasteiger partial charge >= 0.3 is 0 Å². The molecule has 7 nitrogen and oxygen atoms in total. The Kier molecular flexibility index (Phi) is 7.49. The largest absolute Gasteiger partial charge is 0.497 e. The molecule has 1 atom stereocenters. The Hall–Kier alpha value is -2.57. The molecule has 29 heavy (non-hydrogen) atoms. The topological polar surface area (TPSA) is 79.0 Å². The first kappa shape index (κ1) is 21.1. The second kappa shape index (κ2) is 10.3. The van der Waals surface area contributed by atoms with Crippen molar-refractivity contribution in [2.24, 2.45) is 5.92 Å². The molecule has 2 heterocycles. The Bertz CT molecular complexity index is 719. The predicted molar refractivity (Wildman–Crippen MR) is 109 cm³/mol. The third-order valence-electron chi connectivity index (χ3n) is 5.73. The van der Waals surface area contributed by atoms with Gasteiger partial charge in [-0.3, -0.25) is 14.4 Å². The maximum absolute atomic E-state index is 12.6. The number of benzene rings is 1. The molecule has 0 unspecified atom stereocenters. The fourth-order valence-corrected chi connectivity index (χ4v) is 4.00. The molecule has 0 aliphatic carbocycles. The maximum Gasteiger partial charge on any atom is 0.242 e. The van der Waals surface area contributed by atoms with Crippen LogP contribution < -0.4 is 10.1 Å². The highest BCUT2D eigenvalue weighted by Gasteiger charge is 2.27. The smallest absolute Gasteiger partial charge is 0.242 e. The van der Waals surface area contributed by atoms with E-state index >= 15 is 0 Å². The number of nitrogens with zero attached hydrogens (tertiary/aromatic N) is 2. The molecular weight excluding hydrogens is 370 g/mol. The highest BCUT2D eigenvalue weighted by atomic mass is 16.5. The van der Waals surface area contributed by atoms with Crippen LogP contribution in [0.3, 0.4) is 0 Å². The van der Waals surface area contributed by atoms with E-state index < -0.39 is 0 Å². The Morgan fingerprint density at radius 2 is 1.93 bits per heavy atom. The molecule has 2 fully saturated rings. The number of hydrogen-bond acceptors (Lipinski definition) is 4. The molecule has 0 aromatic heterocycles. The number of ether oxygens (including phenoxy) is 1. The average Bonchev–Trinajstić information content (AvgIpc) is 2.74. The highest BCUT2D eigenvalue weighted by molar-refractivity contribution is 5.85. The van der Waals surface area contributed by atoms with Gasteiger partial charge in [-0.2, -0.15) is 0 Å². The average molecular weight is 402 g/mol. The molecule has 2 saturated heterocycles. The summed E-state index contributed by atoms with van der Waals surface area (Å²) in [6.07, 6.45) is 4.70. The van der Waals surface area contributed by atoms with Gasteiger partial charge in [0.1, 0.15) is 5.75 Å². The first-order chi connectivity index (χ1) is 14.0. The molecule has 0 saturated carbocycles. The minimum absolute atomic E-state index is 0.0162. The van der Waals surface area contributed by atoms with Crippen LogP contribution in [0.5, 0.6) is 5.75 Å². The van der Waals surface area contributed by atoms with Crippen molar-refractivity contribution < 1.29 is 19.1 Å². The van der Waals surface area contributed by atoms with Crippen LogP contribution in [0, 0.1) is 5.92 Å². The second-order valence-electron chi connectivity index (χ2n) is 7.95. The lowest BCUT2D eigenvalue weighted by Gasteiger charge is -2.35. The summed E-state index contributed by atoms with van der Waals surface area (Å²) in [6, 6.07) is 7.48. The van der Waals surface area contributed by atoms with Crippen molar-refractivity contribution in [2.45, 2.75) is 38.5 Å². The van der Waals surface area contributed by atoms with E-state index in [1.807, 2.05) is 29.2 Å². The number of carbonyl (C=O) groups is 3. The van der Waals surface area contributed by atoms with Gasteiger partial charge < -0.3 is 19.9 Å². The molecule has 158 valence electrons. The molecule has 1 aromatic carbocycles. The van der Waals surface area contributed by atoms with Crippen LogP contribution in [0.25, 0.3) is 0 Å². The third-order valence-corrected chi connectivity index (χ3v) is 5.73. The maximum atomic E-state index is 12.6. The van der Waals surface area contributed by atoms with Gasteiger partial charge in [0.25, 0.3) is 0 Å². The molecule has 7 heteroatoms. The highest BCUT2D eigenvalue weighted by Crippen LogP contribution is 2.18. The number of likely N-dealkylation sites (tertiary alicyclic amines) is 2. The number of amides is 3. The zero-order chi connectivity index (χ0) is 20.6. The van der Waals surface area contributed by atoms with E-state index in [-0.39, 0.29) is 30.2 Å². The third kappa shape index (κ3) is 6.21. The Balaban J connectivity index is 1.42. The lowest BCUT2D eigenvalue weighted by molar-refractivity contribution is -0.142. The number of hydrogen-bond donors (Lipinski definition) is 1. The van der Waals surface area contributed by atoms with Crippen molar-refractivity contribution in [1.29, 1.82) is 0 Å². The van der Waals surface area contributed by atoms with Crippen LogP contribution in [-0.4, -0.2) is 67.4 Å². The summed E-state index contributed by atoms with van der Waals surface area (Å²) in [4.78, 5) is 40.4. The van der Waals surface area contributed by atoms with Crippen molar-refractivity contribution in [3.8, 4) is 5.75 Å². The fourth-order valence-electron chi connectivity index (χ4n) is 4.00. The van der Waals surface area contributed by atoms with Gasteiger partial charge in [0, 0.05) is 32.6 Å². The van der Waals surface area contributed by atoms with E-state index in [2.05, 4.69) is 5.32 Å². The normalized spacial score (nSPS) is 19.8. The van der Waals surface area contributed by atoms with Crippen molar-refractivity contribution in [3.63, 3.8) is 0 Å². The first-order valence-electron chi connectivity index (χ1n) is 10.5.